The quantitative estimate of drug-likeness (QED) is 0.0900. The minimum atomic E-state index is -0.916. The van der Waals surface area contributed by atoms with Crippen molar-refractivity contribution >= 4 is 11.1 Å². The van der Waals surface area contributed by atoms with E-state index in [-0.39, 0.29) is 21.1 Å². The van der Waals surface area contributed by atoms with Crippen molar-refractivity contribution in [1.82, 2.24) is 9.97 Å². The Kier molecular flexibility index (Phi) is 14.4. The number of fused-ring (bicyclic) bond motifs is 6. The van der Waals surface area contributed by atoms with Crippen LogP contribution in [0.1, 0.15) is 67.0 Å². The van der Waals surface area contributed by atoms with Crippen LogP contribution in [0.25, 0.3) is 77.9 Å². The Hall–Kier alpha value is -10.6. The first-order valence-electron chi connectivity index (χ1n) is 30.2. The summed E-state index contributed by atoms with van der Waals surface area (Å²) in [5.41, 5.74) is 26.5. The molecule has 0 amide bonds. The van der Waals surface area contributed by atoms with Gasteiger partial charge in [0.2, 0.25) is 0 Å². The Morgan fingerprint density at radius 2 is 0.539 bits per heavy atom. The van der Waals surface area contributed by atoms with Gasteiger partial charge in [-0.3, -0.25) is 9.97 Å². The smallest absolute Gasteiger partial charge is 0.260 e. The topological polar surface area (TPSA) is 25.8 Å². The molecule has 2 aromatic heterocycles. The van der Waals surface area contributed by atoms with Crippen molar-refractivity contribution in [3.05, 3.63) is 419 Å². The fourth-order valence-electron chi connectivity index (χ4n) is 14.2. The van der Waals surface area contributed by atoms with E-state index in [1.165, 1.54) is 22.3 Å². The SMILES string of the molecule is [Pt+2].[c-]1c(C(=C(c2ccccc2)c2ccccc2)c2[c-]c(C3(c4ccccn4)c4cc(-c5ccccc5)ccc4-c4ccc(-c5ccccc5)cc43)ccc2)cccc1C1(c2ccccn2)c2cc(-c3ccccc3)ccc2-c2ccc(-c3ccccc3)cc21. The molecule has 0 aliphatic heterocycles. The van der Waals surface area contributed by atoms with Crippen LogP contribution in [0.15, 0.2) is 340 Å². The van der Waals surface area contributed by atoms with Crippen LogP contribution in [0, 0.1) is 12.1 Å². The molecule has 2 nitrogen and oxygen atoms in total. The maximum absolute atomic E-state index is 5.41. The van der Waals surface area contributed by atoms with Crippen LogP contribution in [0.3, 0.4) is 0 Å². The van der Waals surface area contributed by atoms with Crippen molar-refractivity contribution in [1.29, 1.82) is 0 Å². The summed E-state index contributed by atoms with van der Waals surface area (Å²) in [6.45, 7) is 0. The molecule has 0 atom stereocenters. The van der Waals surface area contributed by atoms with E-state index in [0.717, 1.165) is 123 Å². The minimum absolute atomic E-state index is 0. The fourth-order valence-corrected chi connectivity index (χ4v) is 14.2. The average Bonchev–Trinajstić information content (AvgIpc) is 1.65. The predicted molar refractivity (Wildman–Crippen MR) is 360 cm³/mol. The molecule has 0 fully saturated rings. The summed E-state index contributed by atoms with van der Waals surface area (Å²) < 4.78 is 0. The molecular formula is C86H56N2Pt. The van der Waals surface area contributed by atoms with Crippen molar-refractivity contribution in [2.45, 2.75) is 10.8 Å². The third-order valence-corrected chi connectivity index (χ3v) is 18.1. The van der Waals surface area contributed by atoms with Crippen LogP contribution in [-0.4, -0.2) is 9.97 Å². The second-order valence-electron chi connectivity index (χ2n) is 22.9. The molecule has 2 aliphatic rings. The second-order valence-corrected chi connectivity index (χ2v) is 22.9. The first-order chi connectivity index (χ1) is 43.6. The number of nitrogens with zero attached hydrogens (tertiary/aromatic N) is 2. The van der Waals surface area contributed by atoms with Gasteiger partial charge in [-0.05, 0) is 154 Å². The van der Waals surface area contributed by atoms with Gasteiger partial charge in [0.1, 0.15) is 0 Å². The minimum Gasteiger partial charge on any atom is -0.260 e. The molecule has 89 heavy (non-hydrogen) atoms. The van der Waals surface area contributed by atoms with E-state index < -0.39 is 10.8 Å². The van der Waals surface area contributed by atoms with Gasteiger partial charge in [0.15, 0.2) is 0 Å². The Morgan fingerprint density at radius 1 is 0.247 bits per heavy atom. The monoisotopic (exact) mass is 1310 g/mol. The van der Waals surface area contributed by atoms with Gasteiger partial charge in [-0.15, -0.1) is 76.4 Å². The molecule has 0 bridgehead atoms. The zero-order valence-electron chi connectivity index (χ0n) is 48.5. The summed E-state index contributed by atoms with van der Waals surface area (Å²) in [7, 11) is 0. The van der Waals surface area contributed by atoms with Crippen LogP contribution in [0.4, 0.5) is 0 Å². The molecule has 420 valence electrons. The third kappa shape index (κ3) is 9.30. The Balaban J connectivity index is 0.00000663. The van der Waals surface area contributed by atoms with E-state index in [4.69, 9.17) is 9.97 Å². The van der Waals surface area contributed by atoms with Crippen molar-refractivity contribution in [3.8, 4) is 66.8 Å². The molecule has 2 heterocycles. The Morgan fingerprint density at radius 3 is 0.831 bits per heavy atom. The molecule has 0 saturated heterocycles. The van der Waals surface area contributed by atoms with Crippen molar-refractivity contribution in [2.24, 2.45) is 0 Å². The van der Waals surface area contributed by atoms with Crippen LogP contribution >= 0.6 is 0 Å². The molecule has 14 aromatic rings. The van der Waals surface area contributed by atoms with E-state index >= 15 is 0 Å². The summed E-state index contributed by atoms with van der Waals surface area (Å²) in [4.78, 5) is 10.8. The largest absolute Gasteiger partial charge is 2.00 e. The number of rotatable bonds is 12. The molecular weight excluding hydrogens is 1260 g/mol. The standard InChI is InChI=1S/C86H56N2.Pt/c1-7-25-59(26-8-1)65-43-47-73-74-48-44-66(60-27-9-2-10-28-60)56-78(74)85(77(73)55-65,81-41-19-21-51-87-81)71-39-23-37-69(53-71)84(83(63-33-15-5-16-34-63)64-35-17-6-18-36-64)70-38-24-40-72(54-70)86(82-42-20-22-52-88-82)79-57-67(61-29-11-3-12-30-61)45-49-75(79)76-50-46-68(58-80(76)86)62-31-13-4-14-32-62;/h1-52,55-58H;/q-2;+2. The van der Waals surface area contributed by atoms with E-state index in [9.17, 15) is 0 Å². The molecule has 12 aromatic carbocycles. The Bertz CT molecular complexity index is 4420. The van der Waals surface area contributed by atoms with E-state index in [1.807, 2.05) is 24.5 Å². The van der Waals surface area contributed by atoms with Gasteiger partial charge in [-0.25, -0.2) is 0 Å². The van der Waals surface area contributed by atoms with E-state index in [1.54, 1.807) is 0 Å². The van der Waals surface area contributed by atoms with Gasteiger partial charge in [-0.2, -0.15) is 0 Å². The number of hydrogen-bond donors (Lipinski definition) is 0. The summed E-state index contributed by atoms with van der Waals surface area (Å²) in [5, 5.41) is 0. The summed E-state index contributed by atoms with van der Waals surface area (Å²) in [6, 6.07) is 128. The molecule has 0 saturated carbocycles. The Labute approximate surface area is 535 Å². The first-order valence-corrected chi connectivity index (χ1v) is 30.2. The second kappa shape index (κ2) is 23.2. The zero-order valence-corrected chi connectivity index (χ0v) is 50.8. The van der Waals surface area contributed by atoms with Gasteiger partial charge in [0.05, 0.1) is 22.2 Å². The number of hydrogen-bond acceptors (Lipinski definition) is 2. The molecule has 3 heteroatoms. The zero-order chi connectivity index (χ0) is 58.4. The molecule has 0 spiro atoms. The van der Waals surface area contributed by atoms with E-state index in [0.29, 0.717) is 0 Å². The normalized spacial score (nSPS) is 12.8. The van der Waals surface area contributed by atoms with Gasteiger partial charge in [0, 0.05) is 12.4 Å². The molecule has 0 unspecified atom stereocenters. The van der Waals surface area contributed by atoms with Crippen LogP contribution in [0.5, 0.6) is 0 Å². The van der Waals surface area contributed by atoms with Gasteiger partial charge in [0.25, 0.3) is 0 Å². The predicted octanol–water partition coefficient (Wildman–Crippen LogP) is 20.5. The molecule has 16 rings (SSSR count). The van der Waals surface area contributed by atoms with Gasteiger partial charge in [-0.1, -0.05) is 243 Å². The van der Waals surface area contributed by atoms with Crippen molar-refractivity contribution in [2.75, 3.05) is 0 Å². The first kappa shape index (κ1) is 55.0. The summed E-state index contributed by atoms with van der Waals surface area (Å²) in [5.74, 6) is 0. The summed E-state index contributed by atoms with van der Waals surface area (Å²) in [6.07, 6.45) is 3.88. The maximum atomic E-state index is 5.41. The number of aromatic nitrogens is 2. The maximum Gasteiger partial charge on any atom is 2.00 e. The molecule has 2 aliphatic carbocycles. The van der Waals surface area contributed by atoms with Crippen molar-refractivity contribution < 1.29 is 21.1 Å². The molecule has 0 radical (unpaired) electrons. The van der Waals surface area contributed by atoms with Crippen LogP contribution in [0.2, 0.25) is 0 Å². The van der Waals surface area contributed by atoms with Gasteiger partial charge < -0.3 is 0 Å². The number of pyridine rings is 2. The average molecular weight is 1310 g/mol. The number of benzene rings is 12. The van der Waals surface area contributed by atoms with E-state index in [2.05, 4.69) is 328 Å². The van der Waals surface area contributed by atoms with Gasteiger partial charge >= 0.3 is 21.1 Å². The third-order valence-electron chi connectivity index (χ3n) is 18.1. The molecule has 0 N–H and O–H groups in total. The van der Waals surface area contributed by atoms with Crippen LogP contribution < -0.4 is 0 Å². The summed E-state index contributed by atoms with van der Waals surface area (Å²) >= 11 is 0. The fraction of sp³-hybridized carbons (Fsp3) is 0.0233. The van der Waals surface area contributed by atoms with Crippen LogP contribution in [-0.2, 0) is 31.9 Å². The van der Waals surface area contributed by atoms with Crippen molar-refractivity contribution in [3.63, 3.8) is 0 Å².